The van der Waals surface area contributed by atoms with E-state index in [1.54, 1.807) is 6.07 Å². The first-order valence-corrected chi connectivity index (χ1v) is 6.85. The van der Waals surface area contributed by atoms with E-state index >= 15 is 0 Å². The molecular weight excluding hydrogens is 243 g/mol. The number of likely N-dealkylation sites (tertiary alicyclic amines) is 1. The van der Waals surface area contributed by atoms with Gasteiger partial charge in [0.05, 0.1) is 6.04 Å². The molecule has 104 valence electrons. The van der Waals surface area contributed by atoms with Crippen LogP contribution >= 0.6 is 0 Å². The summed E-state index contributed by atoms with van der Waals surface area (Å²) in [6.07, 6.45) is 2.21. The van der Waals surface area contributed by atoms with Crippen LogP contribution in [0.25, 0.3) is 0 Å². The van der Waals surface area contributed by atoms with Crippen molar-refractivity contribution in [3.05, 3.63) is 35.1 Å². The van der Waals surface area contributed by atoms with Crippen molar-refractivity contribution in [3.8, 4) is 0 Å². The number of benzene rings is 1. The summed E-state index contributed by atoms with van der Waals surface area (Å²) in [6.45, 7) is 6.11. The fourth-order valence-corrected chi connectivity index (χ4v) is 2.42. The molecule has 0 aromatic heterocycles. The lowest BCUT2D eigenvalue weighted by Gasteiger charge is -2.21. The molecule has 1 saturated heterocycles. The van der Waals surface area contributed by atoms with Crippen LogP contribution in [0.5, 0.6) is 0 Å². The standard InChI is InChI=1S/C15H21FN2O/c1-11-9-14(16)6-5-13(11)10-17-12(2)15(19)18-7-3-4-8-18/h5-6,9,12,17H,3-4,7-8,10H2,1-2H3. The largest absolute Gasteiger partial charge is 0.341 e. The Hall–Kier alpha value is -1.42. The molecule has 1 aromatic carbocycles. The van der Waals surface area contributed by atoms with Crippen LogP contribution in [0.2, 0.25) is 0 Å². The highest BCUT2D eigenvalue weighted by Crippen LogP contribution is 2.12. The summed E-state index contributed by atoms with van der Waals surface area (Å²) in [6, 6.07) is 4.55. The molecule has 19 heavy (non-hydrogen) atoms. The van der Waals surface area contributed by atoms with Crippen molar-refractivity contribution < 1.29 is 9.18 Å². The van der Waals surface area contributed by atoms with E-state index in [1.807, 2.05) is 18.7 Å². The van der Waals surface area contributed by atoms with Gasteiger partial charge in [0, 0.05) is 19.6 Å². The van der Waals surface area contributed by atoms with Gasteiger partial charge in [-0.05, 0) is 49.9 Å². The van der Waals surface area contributed by atoms with Crippen molar-refractivity contribution in [3.63, 3.8) is 0 Å². The van der Waals surface area contributed by atoms with Crippen LogP contribution < -0.4 is 5.32 Å². The van der Waals surface area contributed by atoms with Crippen LogP contribution in [0.15, 0.2) is 18.2 Å². The van der Waals surface area contributed by atoms with Gasteiger partial charge in [-0.25, -0.2) is 4.39 Å². The molecule has 0 radical (unpaired) electrons. The summed E-state index contributed by atoms with van der Waals surface area (Å²) in [5.74, 6) is -0.0558. The molecule has 1 atom stereocenters. The third kappa shape index (κ3) is 3.53. The first-order chi connectivity index (χ1) is 9.08. The Morgan fingerprint density at radius 1 is 1.42 bits per heavy atom. The minimum absolute atomic E-state index is 0.164. The Kier molecular flexibility index (Phi) is 4.53. The summed E-state index contributed by atoms with van der Waals surface area (Å²) in [4.78, 5) is 14.0. The van der Waals surface area contributed by atoms with E-state index in [4.69, 9.17) is 0 Å². The Morgan fingerprint density at radius 3 is 2.74 bits per heavy atom. The van der Waals surface area contributed by atoms with E-state index < -0.39 is 0 Å². The van der Waals surface area contributed by atoms with Crippen LogP contribution in [0.4, 0.5) is 4.39 Å². The molecular formula is C15H21FN2O. The molecule has 1 aliphatic heterocycles. The second-order valence-corrected chi connectivity index (χ2v) is 5.21. The molecule has 1 unspecified atom stereocenters. The molecule has 3 nitrogen and oxygen atoms in total. The van der Waals surface area contributed by atoms with Gasteiger partial charge in [-0.3, -0.25) is 4.79 Å². The molecule has 1 fully saturated rings. The van der Waals surface area contributed by atoms with Crippen molar-refractivity contribution >= 4 is 5.91 Å². The van der Waals surface area contributed by atoms with Crippen molar-refractivity contribution in [2.75, 3.05) is 13.1 Å². The zero-order valence-corrected chi connectivity index (χ0v) is 11.6. The number of hydrogen-bond acceptors (Lipinski definition) is 2. The summed E-state index contributed by atoms with van der Waals surface area (Å²) in [7, 11) is 0. The van der Waals surface area contributed by atoms with Crippen molar-refractivity contribution in [1.82, 2.24) is 10.2 Å². The van der Waals surface area contributed by atoms with Gasteiger partial charge >= 0.3 is 0 Å². The maximum absolute atomic E-state index is 13.0. The predicted octanol–water partition coefficient (Wildman–Crippen LogP) is 2.23. The van der Waals surface area contributed by atoms with Gasteiger partial charge < -0.3 is 10.2 Å². The molecule has 0 bridgehead atoms. The summed E-state index contributed by atoms with van der Waals surface area (Å²) < 4.78 is 13.0. The molecule has 0 aliphatic carbocycles. The van der Waals surface area contributed by atoms with Gasteiger partial charge in [0.15, 0.2) is 0 Å². The highest BCUT2D eigenvalue weighted by atomic mass is 19.1. The van der Waals surface area contributed by atoms with E-state index in [0.717, 1.165) is 37.1 Å². The molecule has 0 saturated carbocycles. The molecule has 2 rings (SSSR count). The average Bonchev–Trinajstić information content (AvgIpc) is 2.90. The summed E-state index contributed by atoms with van der Waals surface area (Å²) in [5.41, 5.74) is 1.94. The van der Waals surface area contributed by atoms with E-state index in [9.17, 15) is 9.18 Å². The highest BCUT2D eigenvalue weighted by Gasteiger charge is 2.22. The average molecular weight is 264 g/mol. The predicted molar refractivity (Wildman–Crippen MR) is 73.3 cm³/mol. The smallest absolute Gasteiger partial charge is 0.239 e. The van der Waals surface area contributed by atoms with Crippen LogP contribution in [-0.2, 0) is 11.3 Å². The fourth-order valence-electron chi connectivity index (χ4n) is 2.42. The fraction of sp³-hybridized carbons (Fsp3) is 0.533. The highest BCUT2D eigenvalue weighted by molar-refractivity contribution is 5.81. The first-order valence-electron chi connectivity index (χ1n) is 6.85. The van der Waals surface area contributed by atoms with Gasteiger partial charge in [0.1, 0.15) is 5.82 Å². The van der Waals surface area contributed by atoms with Crippen molar-refractivity contribution in [2.24, 2.45) is 0 Å². The number of hydrogen-bond donors (Lipinski definition) is 1. The number of amides is 1. The number of rotatable bonds is 4. The van der Waals surface area contributed by atoms with Crippen LogP contribution in [0, 0.1) is 12.7 Å². The number of carbonyl (C=O) groups excluding carboxylic acids is 1. The Balaban J connectivity index is 1.88. The topological polar surface area (TPSA) is 32.3 Å². The quantitative estimate of drug-likeness (QED) is 0.904. The molecule has 1 heterocycles. The van der Waals surface area contributed by atoms with Crippen LogP contribution in [0.1, 0.15) is 30.9 Å². The second-order valence-electron chi connectivity index (χ2n) is 5.21. The van der Waals surface area contributed by atoms with Gasteiger partial charge in [-0.1, -0.05) is 6.07 Å². The lowest BCUT2D eigenvalue weighted by Crippen LogP contribution is -2.43. The number of aryl methyl sites for hydroxylation is 1. The van der Waals surface area contributed by atoms with E-state index in [1.165, 1.54) is 12.1 Å². The minimum Gasteiger partial charge on any atom is -0.341 e. The van der Waals surface area contributed by atoms with Crippen molar-refractivity contribution in [1.29, 1.82) is 0 Å². The monoisotopic (exact) mass is 264 g/mol. The Labute approximate surface area is 113 Å². The third-order valence-corrected chi connectivity index (χ3v) is 3.69. The first kappa shape index (κ1) is 14.0. The molecule has 4 heteroatoms. The molecule has 1 amide bonds. The summed E-state index contributed by atoms with van der Waals surface area (Å²) in [5, 5.41) is 3.22. The van der Waals surface area contributed by atoms with Crippen molar-refractivity contribution in [2.45, 2.75) is 39.3 Å². The van der Waals surface area contributed by atoms with Gasteiger partial charge in [0.25, 0.3) is 0 Å². The maximum atomic E-state index is 13.0. The minimum atomic E-state index is -0.220. The zero-order chi connectivity index (χ0) is 13.8. The van der Waals surface area contributed by atoms with Gasteiger partial charge in [-0.2, -0.15) is 0 Å². The lowest BCUT2D eigenvalue weighted by atomic mass is 10.1. The summed E-state index contributed by atoms with van der Waals surface area (Å²) >= 11 is 0. The number of nitrogens with zero attached hydrogens (tertiary/aromatic N) is 1. The molecule has 1 aromatic rings. The van der Waals surface area contributed by atoms with Gasteiger partial charge in [-0.15, -0.1) is 0 Å². The van der Waals surface area contributed by atoms with E-state index in [0.29, 0.717) is 6.54 Å². The SMILES string of the molecule is Cc1cc(F)ccc1CNC(C)C(=O)N1CCCC1. The van der Waals surface area contributed by atoms with Crippen LogP contribution in [0.3, 0.4) is 0 Å². The number of carbonyl (C=O) groups is 1. The molecule has 0 spiro atoms. The molecule has 1 N–H and O–H groups in total. The Bertz CT molecular complexity index is 455. The number of halogens is 1. The van der Waals surface area contributed by atoms with Gasteiger partial charge in [0.2, 0.25) is 5.91 Å². The van der Waals surface area contributed by atoms with E-state index in [2.05, 4.69) is 5.32 Å². The Morgan fingerprint density at radius 2 is 2.11 bits per heavy atom. The third-order valence-electron chi connectivity index (χ3n) is 3.69. The molecule has 1 aliphatic rings. The number of nitrogens with one attached hydrogen (secondary N) is 1. The maximum Gasteiger partial charge on any atom is 0.239 e. The normalized spacial score (nSPS) is 16.7. The second kappa shape index (κ2) is 6.15. The van der Waals surface area contributed by atoms with E-state index in [-0.39, 0.29) is 17.8 Å². The lowest BCUT2D eigenvalue weighted by molar-refractivity contribution is -0.131. The zero-order valence-electron chi connectivity index (χ0n) is 11.6. The van der Waals surface area contributed by atoms with Crippen LogP contribution in [-0.4, -0.2) is 29.9 Å².